The smallest absolute Gasteiger partial charge is 0.198 e. The fraction of sp³-hybridized carbons (Fsp3) is 0.500. The van der Waals surface area contributed by atoms with Crippen molar-refractivity contribution >= 4 is 0 Å². The third kappa shape index (κ3) is 1.58. The highest BCUT2D eigenvalue weighted by molar-refractivity contribution is 5.10. The minimum absolute atomic E-state index is 0.0756. The Bertz CT molecular complexity index is 286. The molecule has 66 valence electrons. The van der Waals surface area contributed by atoms with Gasteiger partial charge < -0.3 is 5.21 Å². The van der Waals surface area contributed by atoms with E-state index >= 15 is 0 Å². The quantitative estimate of drug-likeness (QED) is 0.426. The van der Waals surface area contributed by atoms with Crippen LogP contribution in [0.5, 0.6) is 0 Å². The van der Waals surface area contributed by atoms with Gasteiger partial charge in [-0.1, -0.05) is 20.8 Å². The molecule has 0 aliphatic rings. The van der Waals surface area contributed by atoms with Crippen molar-refractivity contribution in [2.24, 2.45) is 0 Å². The molecule has 1 rings (SSSR count). The molecule has 0 saturated carbocycles. The van der Waals surface area contributed by atoms with Gasteiger partial charge in [0.1, 0.15) is 0 Å². The maximum absolute atomic E-state index is 11.5. The highest BCUT2D eigenvalue weighted by Gasteiger charge is 2.23. The van der Waals surface area contributed by atoms with E-state index in [0.29, 0.717) is 0 Å². The van der Waals surface area contributed by atoms with Gasteiger partial charge in [-0.25, -0.2) is 0 Å². The van der Waals surface area contributed by atoms with Crippen molar-refractivity contribution in [2.45, 2.75) is 33.1 Å². The standard InChI is InChI=1S/C10H15NO/c1-8-6-5-7-9(11(8)12)10(2,3)4/h5-7H,1-4H3. The number of nitrogens with zero attached hydrogens (tertiary/aromatic N) is 1. The van der Waals surface area contributed by atoms with E-state index in [9.17, 15) is 5.21 Å². The van der Waals surface area contributed by atoms with E-state index in [1.54, 1.807) is 0 Å². The van der Waals surface area contributed by atoms with E-state index in [1.165, 1.54) is 0 Å². The van der Waals surface area contributed by atoms with Crippen LogP contribution >= 0.6 is 0 Å². The Labute approximate surface area is 73.4 Å². The van der Waals surface area contributed by atoms with Crippen molar-refractivity contribution in [3.8, 4) is 0 Å². The van der Waals surface area contributed by atoms with Gasteiger partial charge in [0, 0.05) is 24.5 Å². The minimum atomic E-state index is -0.0756. The summed E-state index contributed by atoms with van der Waals surface area (Å²) in [6.07, 6.45) is 0. The zero-order valence-electron chi connectivity index (χ0n) is 8.09. The van der Waals surface area contributed by atoms with Crippen LogP contribution in [0.2, 0.25) is 0 Å². The molecule has 12 heavy (non-hydrogen) atoms. The maximum Gasteiger partial charge on any atom is 0.198 e. The van der Waals surface area contributed by atoms with Crippen LogP contribution in [0.1, 0.15) is 32.2 Å². The van der Waals surface area contributed by atoms with E-state index in [0.717, 1.165) is 16.1 Å². The predicted molar refractivity (Wildman–Crippen MR) is 48.8 cm³/mol. The van der Waals surface area contributed by atoms with Gasteiger partial charge in [-0.05, 0) is 6.07 Å². The summed E-state index contributed by atoms with van der Waals surface area (Å²) in [6, 6.07) is 5.62. The second kappa shape index (κ2) is 2.77. The zero-order valence-corrected chi connectivity index (χ0v) is 8.09. The summed E-state index contributed by atoms with van der Waals surface area (Å²) in [5, 5.41) is 11.5. The Morgan fingerprint density at radius 2 is 1.83 bits per heavy atom. The van der Waals surface area contributed by atoms with E-state index in [-0.39, 0.29) is 5.41 Å². The van der Waals surface area contributed by atoms with Gasteiger partial charge in [0.2, 0.25) is 0 Å². The van der Waals surface area contributed by atoms with Crippen LogP contribution in [0.3, 0.4) is 0 Å². The van der Waals surface area contributed by atoms with Gasteiger partial charge in [0.15, 0.2) is 11.4 Å². The minimum Gasteiger partial charge on any atom is -0.618 e. The van der Waals surface area contributed by atoms with Gasteiger partial charge in [-0.3, -0.25) is 0 Å². The summed E-state index contributed by atoms with van der Waals surface area (Å²) in [5.74, 6) is 0. The molecular formula is C10H15NO. The van der Waals surface area contributed by atoms with Crippen molar-refractivity contribution in [1.29, 1.82) is 0 Å². The summed E-state index contributed by atoms with van der Waals surface area (Å²) in [4.78, 5) is 0. The molecule has 1 aromatic heterocycles. The number of hydrogen-bond donors (Lipinski definition) is 0. The molecule has 0 spiro atoms. The molecule has 0 radical (unpaired) electrons. The second-order valence-corrected chi connectivity index (χ2v) is 4.10. The number of rotatable bonds is 0. The first-order valence-electron chi connectivity index (χ1n) is 4.12. The molecule has 0 aromatic carbocycles. The lowest BCUT2D eigenvalue weighted by Crippen LogP contribution is -2.40. The van der Waals surface area contributed by atoms with Crippen molar-refractivity contribution in [2.75, 3.05) is 0 Å². The van der Waals surface area contributed by atoms with Crippen molar-refractivity contribution in [3.63, 3.8) is 0 Å². The molecular weight excluding hydrogens is 150 g/mol. The van der Waals surface area contributed by atoms with Crippen molar-refractivity contribution < 1.29 is 4.73 Å². The van der Waals surface area contributed by atoms with Crippen LogP contribution in [0.25, 0.3) is 0 Å². The second-order valence-electron chi connectivity index (χ2n) is 4.10. The molecule has 2 nitrogen and oxygen atoms in total. The molecule has 2 heteroatoms. The van der Waals surface area contributed by atoms with E-state index in [2.05, 4.69) is 0 Å². The molecule has 0 aliphatic carbocycles. The first-order valence-corrected chi connectivity index (χ1v) is 4.12. The normalized spacial score (nSPS) is 11.7. The number of aromatic nitrogens is 1. The van der Waals surface area contributed by atoms with Crippen molar-refractivity contribution in [3.05, 3.63) is 34.8 Å². The molecule has 0 saturated heterocycles. The molecule has 0 N–H and O–H groups in total. The largest absolute Gasteiger partial charge is 0.618 e. The molecule has 1 aromatic rings. The molecule has 0 unspecified atom stereocenters. The van der Waals surface area contributed by atoms with Crippen LogP contribution in [0.4, 0.5) is 0 Å². The lowest BCUT2D eigenvalue weighted by molar-refractivity contribution is -0.624. The third-order valence-corrected chi connectivity index (χ3v) is 1.90. The van der Waals surface area contributed by atoms with Crippen LogP contribution in [0.15, 0.2) is 18.2 Å². The Hall–Kier alpha value is -1.05. The number of pyridine rings is 1. The fourth-order valence-corrected chi connectivity index (χ4v) is 1.16. The molecule has 0 atom stereocenters. The van der Waals surface area contributed by atoms with Crippen LogP contribution in [0, 0.1) is 12.1 Å². The van der Waals surface area contributed by atoms with Gasteiger partial charge >= 0.3 is 0 Å². The lowest BCUT2D eigenvalue weighted by Gasteiger charge is -2.17. The summed E-state index contributed by atoms with van der Waals surface area (Å²) in [6.45, 7) is 7.94. The van der Waals surface area contributed by atoms with Crippen LogP contribution < -0.4 is 4.73 Å². The zero-order chi connectivity index (χ0) is 9.35. The molecule has 0 aliphatic heterocycles. The van der Waals surface area contributed by atoms with E-state index < -0.39 is 0 Å². The van der Waals surface area contributed by atoms with E-state index in [1.807, 2.05) is 45.9 Å². The summed E-state index contributed by atoms with van der Waals surface area (Å²) in [5.41, 5.74) is 1.50. The van der Waals surface area contributed by atoms with Crippen molar-refractivity contribution in [1.82, 2.24) is 0 Å². The fourth-order valence-electron chi connectivity index (χ4n) is 1.16. The summed E-state index contributed by atoms with van der Waals surface area (Å²) < 4.78 is 1.00. The Balaban J connectivity index is 3.26. The average Bonchev–Trinajstić information content (AvgIpc) is 1.92. The predicted octanol–water partition coefficient (Wildman–Crippen LogP) is 1.93. The third-order valence-electron chi connectivity index (χ3n) is 1.90. The highest BCUT2D eigenvalue weighted by Crippen LogP contribution is 2.18. The maximum atomic E-state index is 11.5. The SMILES string of the molecule is Cc1cccc(C(C)(C)C)[n+]1[O-]. The first-order chi connectivity index (χ1) is 5.43. The Kier molecular flexibility index (Phi) is 2.09. The van der Waals surface area contributed by atoms with Gasteiger partial charge in [-0.15, -0.1) is 0 Å². The average molecular weight is 165 g/mol. The van der Waals surface area contributed by atoms with Crippen LogP contribution in [-0.4, -0.2) is 0 Å². The monoisotopic (exact) mass is 165 g/mol. The highest BCUT2D eigenvalue weighted by atomic mass is 16.5. The Morgan fingerprint density at radius 3 is 2.25 bits per heavy atom. The number of aryl methyl sites for hydroxylation is 1. The first kappa shape index (κ1) is 9.04. The molecule has 0 bridgehead atoms. The molecule has 0 amide bonds. The van der Waals surface area contributed by atoms with Gasteiger partial charge in [0.05, 0.1) is 0 Å². The summed E-state index contributed by atoms with van der Waals surface area (Å²) in [7, 11) is 0. The van der Waals surface area contributed by atoms with Gasteiger partial charge in [0.25, 0.3) is 0 Å². The van der Waals surface area contributed by atoms with Gasteiger partial charge in [-0.2, -0.15) is 4.73 Å². The molecule has 1 heterocycles. The molecule has 0 fully saturated rings. The number of hydrogen-bond acceptors (Lipinski definition) is 1. The topological polar surface area (TPSA) is 26.9 Å². The van der Waals surface area contributed by atoms with E-state index in [4.69, 9.17) is 0 Å². The lowest BCUT2D eigenvalue weighted by atomic mass is 9.91. The Morgan fingerprint density at radius 1 is 1.25 bits per heavy atom. The summed E-state index contributed by atoms with van der Waals surface area (Å²) >= 11 is 0. The van der Waals surface area contributed by atoms with Crippen LogP contribution in [-0.2, 0) is 5.41 Å².